The Kier molecular flexibility index (Phi) is 1.96. The van der Waals surface area contributed by atoms with Crippen LogP contribution in [0.1, 0.15) is 12.0 Å². The maximum Gasteiger partial charge on any atom is 0.0410 e. The normalized spacial score (nSPS) is 29.4. The molecule has 2 nitrogen and oxygen atoms in total. The van der Waals surface area contributed by atoms with Gasteiger partial charge in [0.1, 0.15) is 0 Å². The van der Waals surface area contributed by atoms with E-state index in [1.165, 1.54) is 24.1 Å². The quantitative estimate of drug-likeness (QED) is 0.827. The van der Waals surface area contributed by atoms with Gasteiger partial charge in [0.25, 0.3) is 0 Å². The number of nitrogens with one attached hydrogen (secondary N) is 1. The topological polar surface area (TPSA) is 24.9 Å². The molecule has 0 aromatic carbocycles. The van der Waals surface area contributed by atoms with E-state index >= 15 is 0 Å². The average molecular weight is 251 g/mol. The molecule has 3 heteroatoms. The Balaban J connectivity index is 1.92. The van der Waals surface area contributed by atoms with Crippen LogP contribution >= 0.6 is 15.9 Å². The Bertz CT molecular complexity index is 400. The fraction of sp³-hybridized carbons (Fsp3) is 0.364. The molecule has 1 aromatic rings. The standard InChI is InChI=1S/C11H11BrN2/c12-10-2-8(4-13-6-10)7-1-9-5-14-11(9)3-7/h2-4,6,9,11,14H,1,5H2. The molecule has 1 N–H and O–H groups in total. The van der Waals surface area contributed by atoms with Gasteiger partial charge in [-0.3, -0.25) is 4.98 Å². The van der Waals surface area contributed by atoms with Crippen LogP contribution in [0.15, 0.2) is 29.0 Å². The van der Waals surface area contributed by atoms with Crippen LogP contribution in [-0.4, -0.2) is 17.6 Å². The molecule has 3 rings (SSSR count). The molecule has 14 heavy (non-hydrogen) atoms. The summed E-state index contributed by atoms with van der Waals surface area (Å²) in [6.07, 6.45) is 7.32. The van der Waals surface area contributed by atoms with E-state index in [0.29, 0.717) is 6.04 Å². The third-order valence-electron chi connectivity index (χ3n) is 3.06. The van der Waals surface area contributed by atoms with Crippen LogP contribution < -0.4 is 5.32 Å². The number of aromatic nitrogens is 1. The number of allylic oxidation sites excluding steroid dienone is 1. The van der Waals surface area contributed by atoms with Crippen molar-refractivity contribution in [1.29, 1.82) is 0 Å². The van der Waals surface area contributed by atoms with Crippen molar-refractivity contribution in [2.24, 2.45) is 5.92 Å². The molecule has 1 aromatic heterocycles. The minimum absolute atomic E-state index is 0.629. The van der Waals surface area contributed by atoms with Crippen LogP contribution in [0.25, 0.3) is 5.57 Å². The highest BCUT2D eigenvalue weighted by Crippen LogP contribution is 2.36. The maximum absolute atomic E-state index is 4.19. The van der Waals surface area contributed by atoms with Gasteiger partial charge in [0.2, 0.25) is 0 Å². The summed E-state index contributed by atoms with van der Waals surface area (Å²) in [4.78, 5) is 4.19. The lowest BCUT2D eigenvalue weighted by atomic mass is 9.94. The fourth-order valence-corrected chi connectivity index (χ4v) is 2.55. The molecule has 0 radical (unpaired) electrons. The molecule has 0 amide bonds. The van der Waals surface area contributed by atoms with Gasteiger partial charge in [-0.2, -0.15) is 0 Å². The smallest absolute Gasteiger partial charge is 0.0410 e. The van der Waals surface area contributed by atoms with Crippen molar-refractivity contribution >= 4 is 21.5 Å². The van der Waals surface area contributed by atoms with E-state index < -0.39 is 0 Å². The summed E-state index contributed by atoms with van der Waals surface area (Å²) >= 11 is 3.45. The Morgan fingerprint density at radius 1 is 1.43 bits per heavy atom. The number of pyridine rings is 1. The summed E-state index contributed by atoms with van der Waals surface area (Å²) in [6.45, 7) is 1.17. The first-order valence-corrected chi connectivity index (χ1v) is 5.67. The molecule has 1 fully saturated rings. The second-order valence-electron chi connectivity index (χ2n) is 3.98. The predicted molar refractivity (Wildman–Crippen MR) is 59.8 cm³/mol. The Morgan fingerprint density at radius 3 is 2.93 bits per heavy atom. The van der Waals surface area contributed by atoms with Gasteiger partial charge in [-0.05, 0) is 45.5 Å². The highest BCUT2D eigenvalue weighted by atomic mass is 79.9. The summed E-state index contributed by atoms with van der Waals surface area (Å²) in [5.41, 5.74) is 2.70. The van der Waals surface area contributed by atoms with E-state index in [0.717, 1.165) is 10.4 Å². The number of rotatable bonds is 1. The second-order valence-corrected chi connectivity index (χ2v) is 4.90. The van der Waals surface area contributed by atoms with E-state index in [1.807, 2.05) is 12.4 Å². The molecule has 2 aliphatic rings. The third-order valence-corrected chi connectivity index (χ3v) is 3.50. The van der Waals surface area contributed by atoms with E-state index in [1.54, 1.807) is 0 Å². The van der Waals surface area contributed by atoms with Gasteiger partial charge in [0.15, 0.2) is 0 Å². The molecule has 1 aliphatic heterocycles. The van der Waals surface area contributed by atoms with E-state index in [2.05, 4.69) is 38.4 Å². The van der Waals surface area contributed by atoms with E-state index in [-0.39, 0.29) is 0 Å². The number of hydrogen-bond acceptors (Lipinski definition) is 2. The first-order chi connectivity index (χ1) is 6.83. The molecule has 0 saturated carbocycles. The van der Waals surface area contributed by atoms with Gasteiger partial charge in [0.05, 0.1) is 0 Å². The summed E-state index contributed by atoms with van der Waals surface area (Å²) < 4.78 is 1.06. The maximum atomic E-state index is 4.19. The predicted octanol–water partition coefficient (Wildman–Crippen LogP) is 2.22. The average Bonchev–Trinajstić information content (AvgIpc) is 2.43. The second kappa shape index (κ2) is 3.17. The lowest BCUT2D eigenvalue weighted by molar-refractivity contribution is 0.301. The molecule has 2 unspecified atom stereocenters. The molecule has 0 spiro atoms. The molecule has 1 saturated heterocycles. The summed E-state index contributed by atoms with van der Waals surface area (Å²) in [5, 5.41) is 3.41. The van der Waals surface area contributed by atoms with Crippen molar-refractivity contribution in [3.63, 3.8) is 0 Å². The number of halogens is 1. The van der Waals surface area contributed by atoms with Gasteiger partial charge in [-0.15, -0.1) is 0 Å². The third kappa shape index (κ3) is 1.31. The first kappa shape index (κ1) is 8.62. The van der Waals surface area contributed by atoms with Crippen molar-refractivity contribution in [3.8, 4) is 0 Å². The highest BCUT2D eigenvalue weighted by molar-refractivity contribution is 9.10. The molecule has 2 heterocycles. The number of fused-ring (bicyclic) bond motifs is 1. The zero-order chi connectivity index (χ0) is 9.54. The van der Waals surface area contributed by atoms with Gasteiger partial charge >= 0.3 is 0 Å². The van der Waals surface area contributed by atoms with Crippen molar-refractivity contribution in [2.45, 2.75) is 12.5 Å². The van der Waals surface area contributed by atoms with Gasteiger partial charge in [-0.25, -0.2) is 0 Å². The summed E-state index contributed by atoms with van der Waals surface area (Å²) in [6, 6.07) is 2.77. The summed E-state index contributed by atoms with van der Waals surface area (Å²) in [5.74, 6) is 0.837. The molecular weight excluding hydrogens is 240 g/mol. The SMILES string of the molecule is Brc1cncc(C2=CC3NCC3C2)c1. The van der Waals surface area contributed by atoms with Crippen LogP contribution in [0, 0.1) is 5.92 Å². The Morgan fingerprint density at radius 2 is 2.36 bits per heavy atom. The Hall–Kier alpha value is -0.670. The fourth-order valence-electron chi connectivity index (χ4n) is 2.18. The Labute approximate surface area is 91.6 Å². The van der Waals surface area contributed by atoms with Crippen LogP contribution in [-0.2, 0) is 0 Å². The van der Waals surface area contributed by atoms with Crippen LogP contribution in [0.4, 0.5) is 0 Å². The minimum atomic E-state index is 0.629. The van der Waals surface area contributed by atoms with Crippen molar-refractivity contribution in [1.82, 2.24) is 10.3 Å². The highest BCUT2D eigenvalue weighted by Gasteiger charge is 2.34. The van der Waals surface area contributed by atoms with Gasteiger partial charge < -0.3 is 5.32 Å². The lowest BCUT2D eigenvalue weighted by Crippen LogP contribution is -2.49. The largest absolute Gasteiger partial charge is 0.310 e. The summed E-state index contributed by atoms with van der Waals surface area (Å²) in [7, 11) is 0. The molecule has 2 atom stereocenters. The molecule has 72 valence electrons. The molecule has 0 bridgehead atoms. The van der Waals surface area contributed by atoms with Gasteiger partial charge in [-0.1, -0.05) is 6.08 Å². The molecule has 1 aliphatic carbocycles. The van der Waals surface area contributed by atoms with Crippen molar-refractivity contribution in [2.75, 3.05) is 6.54 Å². The van der Waals surface area contributed by atoms with E-state index in [4.69, 9.17) is 0 Å². The van der Waals surface area contributed by atoms with E-state index in [9.17, 15) is 0 Å². The minimum Gasteiger partial charge on any atom is -0.310 e. The number of nitrogens with zero attached hydrogens (tertiary/aromatic N) is 1. The van der Waals surface area contributed by atoms with Crippen LogP contribution in [0.2, 0.25) is 0 Å². The van der Waals surface area contributed by atoms with Crippen LogP contribution in [0.5, 0.6) is 0 Å². The van der Waals surface area contributed by atoms with Gasteiger partial charge in [0, 0.05) is 29.5 Å². The molecular formula is C11H11BrN2. The van der Waals surface area contributed by atoms with Crippen molar-refractivity contribution < 1.29 is 0 Å². The van der Waals surface area contributed by atoms with Crippen molar-refractivity contribution in [3.05, 3.63) is 34.6 Å². The lowest BCUT2D eigenvalue weighted by Gasteiger charge is -2.31. The zero-order valence-electron chi connectivity index (χ0n) is 7.70. The van der Waals surface area contributed by atoms with Crippen LogP contribution in [0.3, 0.4) is 0 Å². The first-order valence-electron chi connectivity index (χ1n) is 4.88. The monoisotopic (exact) mass is 250 g/mol. The zero-order valence-corrected chi connectivity index (χ0v) is 9.29. The number of hydrogen-bond donors (Lipinski definition) is 1.